The van der Waals surface area contributed by atoms with Crippen LogP contribution in [0.3, 0.4) is 0 Å². The van der Waals surface area contributed by atoms with E-state index in [0.29, 0.717) is 18.2 Å². The van der Waals surface area contributed by atoms with Crippen LogP contribution in [0.2, 0.25) is 0 Å². The molecule has 1 unspecified atom stereocenters. The van der Waals surface area contributed by atoms with Crippen molar-refractivity contribution in [2.24, 2.45) is 0 Å². The molecule has 1 aromatic heterocycles. The van der Waals surface area contributed by atoms with Crippen LogP contribution in [0.1, 0.15) is 35.3 Å². The first-order valence-electron chi connectivity index (χ1n) is 8.81. The van der Waals surface area contributed by atoms with Crippen LogP contribution in [0, 0.1) is 0 Å². The molecule has 3 rings (SSSR count). The monoisotopic (exact) mass is 386 g/mol. The molecule has 0 saturated heterocycles. The molecule has 1 amide bonds. The van der Waals surface area contributed by atoms with Gasteiger partial charge in [0, 0.05) is 19.3 Å². The molecular formula is C19H22N4O3S. The van der Waals surface area contributed by atoms with Crippen LogP contribution in [-0.4, -0.2) is 45.1 Å². The van der Waals surface area contributed by atoms with E-state index in [9.17, 15) is 9.59 Å². The van der Waals surface area contributed by atoms with Gasteiger partial charge in [-0.25, -0.2) is 14.8 Å². The Kier molecular flexibility index (Phi) is 5.95. The summed E-state index contributed by atoms with van der Waals surface area (Å²) in [5, 5.41) is 0.00177. The van der Waals surface area contributed by atoms with E-state index in [1.807, 2.05) is 24.0 Å². The molecule has 2 N–H and O–H groups in total. The smallest absolute Gasteiger partial charge is 0.343 e. The lowest BCUT2D eigenvalue weighted by molar-refractivity contribution is -0.131. The molecule has 0 radical (unpaired) electrons. The molecule has 0 spiro atoms. The van der Waals surface area contributed by atoms with Crippen molar-refractivity contribution in [3.63, 3.8) is 0 Å². The highest BCUT2D eigenvalue weighted by Gasteiger charge is 2.26. The molecule has 8 heteroatoms. The van der Waals surface area contributed by atoms with Crippen molar-refractivity contribution in [1.82, 2.24) is 14.9 Å². The Labute approximate surface area is 162 Å². The number of nitrogens with zero attached hydrogens (tertiary/aromatic N) is 3. The van der Waals surface area contributed by atoms with Gasteiger partial charge >= 0.3 is 5.97 Å². The number of carbonyl (C=O) groups excluding carboxylic acids is 2. The molecule has 7 nitrogen and oxygen atoms in total. The summed E-state index contributed by atoms with van der Waals surface area (Å²) in [6, 6.07) is 8.19. The van der Waals surface area contributed by atoms with Gasteiger partial charge in [-0.05, 0) is 31.4 Å². The van der Waals surface area contributed by atoms with Crippen LogP contribution in [-0.2, 0) is 22.5 Å². The number of ether oxygens (including phenoxy) is 1. The highest BCUT2D eigenvalue weighted by Crippen LogP contribution is 2.25. The second-order valence-corrected chi connectivity index (χ2v) is 7.52. The van der Waals surface area contributed by atoms with Gasteiger partial charge in [0.05, 0.1) is 11.9 Å². The molecule has 1 aliphatic rings. The number of fused-ring (bicyclic) bond motifs is 1. The van der Waals surface area contributed by atoms with Crippen LogP contribution in [0.5, 0.6) is 0 Å². The molecule has 27 heavy (non-hydrogen) atoms. The summed E-state index contributed by atoms with van der Waals surface area (Å²) in [6.45, 7) is 5.10. The first-order chi connectivity index (χ1) is 13.0. The van der Waals surface area contributed by atoms with E-state index in [0.717, 1.165) is 6.42 Å². The van der Waals surface area contributed by atoms with E-state index < -0.39 is 5.97 Å². The third-order valence-electron chi connectivity index (χ3n) is 4.36. The van der Waals surface area contributed by atoms with Gasteiger partial charge in [0.25, 0.3) is 0 Å². The van der Waals surface area contributed by atoms with Crippen LogP contribution in [0.15, 0.2) is 35.6 Å². The predicted molar refractivity (Wildman–Crippen MR) is 103 cm³/mol. The summed E-state index contributed by atoms with van der Waals surface area (Å²) < 4.78 is 4.91. The van der Waals surface area contributed by atoms with E-state index >= 15 is 0 Å². The van der Waals surface area contributed by atoms with Gasteiger partial charge in [0.1, 0.15) is 11.4 Å². The summed E-state index contributed by atoms with van der Waals surface area (Å²) in [7, 11) is 0. The van der Waals surface area contributed by atoms with Crippen molar-refractivity contribution in [1.29, 1.82) is 0 Å². The Morgan fingerprint density at radius 2 is 2.07 bits per heavy atom. The second kappa shape index (κ2) is 8.39. The number of hydrogen-bond acceptors (Lipinski definition) is 7. The number of esters is 1. The molecule has 0 saturated carbocycles. The highest BCUT2D eigenvalue weighted by molar-refractivity contribution is 8.00. The third kappa shape index (κ3) is 4.39. The largest absolute Gasteiger partial charge is 0.462 e. The maximum Gasteiger partial charge on any atom is 0.343 e. The third-order valence-corrected chi connectivity index (χ3v) is 5.33. The van der Waals surface area contributed by atoms with Crippen molar-refractivity contribution in [3.8, 4) is 0 Å². The van der Waals surface area contributed by atoms with Crippen molar-refractivity contribution in [2.45, 2.75) is 37.2 Å². The summed E-state index contributed by atoms with van der Waals surface area (Å²) in [6.07, 6.45) is 2.20. The summed E-state index contributed by atoms with van der Waals surface area (Å²) in [5.74, 6) is -0.466. The van der Waals surface area contributed by atoms with Gasteiger partial charge in [-0.15, -0.1) is 0 Å². The quantitative estimate of drug-likeness (QED) is 0.478. The molecule has 0 aliphatic carbocycles. The van der Waals surface area contributed by atoms with Gasteiger partial charge in [0.15, 0.2) is 5.16 Å². The lowest BCUT2D eigenvalue weighted by Gasteiger charge is -2.30. The topological polar surface area (TPSA) is 98.4 Å². The lowest BCUT2D eigenvalue weighted by atomic mass is 10.00. The first kappa shape index (κ1) is 19.2. The number of benzene rings is 1. The van der Waals surface area contributed by atoms with Gasteiger partial charge < -0.3 is 15.4 Å². The molecule has 2 aromatic rings. The molecule has 142 valence electrons. The maximum absolute atomic E-state index is 12.8. The fourth-order valence-corrected chi connectivity index (χ4v) is 3.78. The zero-order valence-corrected chi connectivity index (χ0v) is 16.2. The summed E-state index contributed by atoms with van der Waals surface area (Å²) in [5.41, 5.74) is 8.46. The number of nitrogen functional groups attached to an aromatic ring is 1. The van der Waals surface area contributed by atoms with Gasteiger partial charge in [-0.2, -0.15) is 0 Å². The normalized spacial score (nSPS) is 14.4. The Hall–Kier alpha value is -2.61. The number of rotatable bonds is 5. The number of hydrogen-bond donors (Lipinski definition) is 1. The number of aromatic nitrogens is 2. The average molecular weight is 386 g/mol. The zero-order valence-electron chi connectivity index (χ0n) is 15.3. The van der Waals surface area contributed by atoms with E-state index in [2.05, 4.69) is 22.1 Å². The number of anilines is 1. The maximum atomic E-state index is 12.8. The Bertz CT molecular complexity index is 859. The number of carbonyl (C=O) groups is 2. The Balaban J connectivity index is 1.65. The van der Waals surface area contributed by atoms with E-state index in [1.54, 1.807) is 6.92 Å². The van der Waals surface area contributed by atoms with E-state index in [4.69, 9.17) is 10.5 Å². The van der Waals surface area contributed by atoms with E-state index in [-0.39, 0.29) is 29.1 Å². The summed E-state index contributed by atoms with van der Waals surface area (Å²) in [4.78, 5) is 34.7. The van der Waals surface area contributed by atoms with Crippen molar-refractivity contribution in [2.75, 3.05) is 18.9 Å². The standard InChI is InChI=1S/C19H22N4O3S/c1-3-26-18(25)15-10-21-19(22-16(15)20)27-12(2)17(24)23-9-8-13-6-4-5-7-14(13)11-23/h4-7,10,12H,3,8-9,11H2,1-2H3,(H2,20,21,22). The molecule has 1 aliphatic heterocycles. The van der Waals surface area contributed by atoms with Gasteiger partial charge in [0.2, 0.25) is 5.91 Å². The molecule has 0 fully saturated rings. The Morgan fingerprint density at radius 3 is 2.78 bits per heavy atom. The van der Waals surface area contributed by atoms with Crippen molar-refractivity contribution >= 4 is 29.5 Å². The molecule has 1 atom stereocenters. The van der Waals surface area contributed by atoms with Crippen LogP contribution in [0.25, 0.3) is 0 Å². The number of amides is 1. The highest BCUT2D eigenvalue weighted by atomic mass is 32.2. The minimum atomic E-state index is -0.553. The number of thioether (sulfide) groups is 1. The van der Waals surface area contributed by atoms with Crippen molar-refractivity contribution < 1.29 is 14.3 Å². The minimum absolute atomic E-state index is 0.0335. The van der Waals surface area contributed by atoms with Crippen LogP contribution in [0.4, 0.5) is 5.82 Å². The molecular weight excluding hydrogens is 364 g/mol. The number of nitrogens with two attached hydrogens (primary N) is 1. The van der Waals surface area contributed by atoms with Crippen LogP contribution >= 0.6 is 11.8 Å². The Morgan fingerprint density at radius 1 is 1.33 bits per heavy atom. The second-order valence-electron chi connectivity index (χ2n) is 6.21. The zero-order chi connectivity index (χ0) is 19.4. The van der Waals surface area contributed by atoms with Gasteiger partial charge in [-0.3, -0.25) is 4.79 Å². The molecule has 2 heterocycles. The van der Waals surface area contributed by atoms with Crippen molar-refractivity contribution in [3.05, 3.63) is 47.2 Å². The fourth-order valence-electron chi connectivity index (χ4n) is 2.95. The average Bonchev–Trinajstić information content (AvgIpc) is 2.67. The predicted octanol–water partition coefficient (Wildman–Crippen LogP) is 2.30. The summed E-state index contributed by atoms with van der Waals surface area (Å²) >= 11 is 1.23. The van der Waals surface area contributed by atoms with Gasteiger partial charge in [-0.1, -0.05) is 36.0 Å². The van der Waals surface area contributed by atoms with Crippen LogP contribution < -0.4 is 5.73 Å². The molecule has 1 aromatic carbocycles. The molecule has 0 bridgehead atoms. The lowest BCUT2D eigenvalue weighted by Crippen LogP contribution is -2.40. The fraction of sp³-hybridized carbons (Fsp3) is 0.368. The minimum Gasteiger partial charge on any atom is -0.462 e. The van der Waals surface area contributed by atoms with E-state index in [1.165, 1.54) is 29.1 Å². The SMILES string of the molecule is CCOC(=O)c1cnc(SC(C)C(=O)N2CCc3ccccc3C2)nc1N. The first-order valence-corrected chi connectivity index (χ1v) is 9.69.